The molecule has 1 aromatic heterocycles. The zero-order chi connectivity index (χ0) is 22.5. The molecule has 0 unspecified atom stereocenters. The molecular weight excluding hydrogens is 410 g/mol. The smallest absolute Gasteiger partial charge is 0.322 e. The molecule has 2 heterocycles. The third kappa shape index (κ3) is 4.65. The molecule has 0 saturated carbocycles. The van der Waals surface area contributed by atoms with E-state index in [9.17, 15) is 4.79 Å². The molecule has 10 nitrogen and oxygen atoms in total. The number of aryl methyl sites for hydroxylation is 1. The van der Waals surface area contributed by atoms with Crippen molar-refractivity contribution in [2.45, 2.75) is 13.5 Å². The number of urea groups is 1. The van der Waals surface area contributed by atoms with E-state index in [4.69, 9.17) is 9.47 Å². The van der Waals surface area contributed by atoms with Gasteiger partial charge in [0, 0.05) is 26.2 Å². The Morgan fingerprint density at radius 2 is 1.66 bits per heavy atom. The topological polar surface area (TPSA) is 97.6 Å². The normalized spacial score (nSPS) is 14.3. The minimum atomic E-state index is -0.183. The lowest BCUT2D eigenvalue weighted by molar-refractivity contribution is 0.140. The number of ether oxygens (including phenoxy) is 2. The fourth-order valence-electron chi connectivity index (χ4n) is 3.66. The summed E-state index contributed by atoms with van der Waals surface area (Å²) in [5.74, 6) is 1.88. The number of rotatable bonds is 6. The SMILES string of the molecule is COc1cccc(OC)c1NC(=O)N1CCN(Cc2nnnn2-c2ccc(C)cc2)CC1. The largest absolute Gasteiger partial charge is 0.494 e. The van der Waals surface area contributed by atoms with E-state index in [1.807, 2.05) is 37.3 Å². The van der Waals surface area contributed by atoms with Crippen molar-refractivity contribution in [1.29, 1.82) is 0 Å². The first-order valence-corrected chi connectivity index (χ1v) is 10.4. The minimum absolute atomic E-state index is 0.183. The summed E-state index contributed by atoms with van der Waals surface area (Å²) in [6.07, 6.45) is 0. The number of anilines is 1. The molecule has 1 N–H and O–H groups in total. The maximum Gasteiger partial charge on any atom is 0.322 e. The van der Waals surface area contributed by atoms with Gasteiger partial charge in [-0.2, -0.15) is 4.68 Å². The van der Waals surface area contributed by atoms with Gasteiger partial charge in [0.2, 0.25) is 0 Å². The molecule has 2 aromatic carbocycles. The number of hydrogen-bond donors (Lipinski definition) is 1. The molecule has 0 radical (unpaired) electrons. The summed E-state index contributed by atoms with van der Waals surface area (Å²) in [7, 11) is 3.13. The van der Waals surface area contributed by atoms with Crippen LogP contribution in [0.25, 0.3) is 5.69 Å². The summed E-state index contributed by atoms with van der Waals surface area (Å²) in [6.45, 7) is 5.28. The first-order chi connectivity index (χ1) is 15.6. The number of benzene rings is 2. The van der Waals surface area contributed by atoms with Crippen LogP contribution in [-0.2, 0) is 6.54 Å². The Kier molecular flexibility index (Phi) is 6.50. The van der Waals surface area contributed by atoms with Crippen LogP contribution in [0.4, 0.5) is 10.5 Å². The first kappa shape index (κ1) is 21.6. The molecule has 4 rings (SSSR count). The van der Waals surface area contributed by atoms with Crippen LogP contribution in [0.2, 0.25) is 0 Å². The van der Waals surface area contributed by atoms with E-state index in [1.54, 1.807) is 35.9 Å². The van der Waals surface area contributed by atoms with Gasteiger partial charge >= 0.3 is 6.03 Å². The summed E-state index contributed by atoms with van der Waals surface area (Å²) in [6, 6.07) is 13.3. The van der Waals surface area contributed by atoms with Crippen LogP contribution in [0.1, 0.15) is 11.4 Å². The van der Waals surface area contributed by atoms with Gasteiger partial charge in [-0.3, -0.25) is 4.90 Å². The van der Waals surface area contributed by atoms with Crippen molar-refractivity contribution in [3.63, 3.8) is 0 Å². The predicted molar refractivity (Wildman–Crippen MR) is 119 cm³/mol. The second kappa shape index (κ2) is 9.65. The van der Waals surface area contributed by atoms with Crippen molar-refractivity contribution >= 4 is 11.7 Å². The quantitative estimate of drug-likeness (QED) is 0.632. The van der Waals surface area contributed by atoms with Crippen LogP contribution in [0.5, 0.6) is 11.5 Å². The Morgan fingerprint density at radius 3 is 2.28 bits per heavy atom. The van der Waals surface area contributed by atoms with Gasteiger partial charge in [0.05, 0.1) is 26.5 Å². The molecule has 1 aliphatic rings. The minimum Gasteiger partial charge on any atom is -0.494 e. The summed E-state index contributed by atoms with van der Waals surface area (Å²) >= 11 is 0. The summed E-state index contributed by atoms with van der Waals surface area (Å²) < 4.78 is 12.5. The number of tetrazole rings is 1. The molecule has 3 aromatic rings. The molecule has 0 atom stereocenters. The highest BCUT2D eigenvalue weighted by Crippen LogP contribution is 2.34. The predicted octanol–water partition coefficient (Wildman–Crippen LogP) is 2.34. The lowest BCUT2D eigenvalue weighted by Gasteiger charge is -2.34. The number of nitrogens with one attached hydrogen (secondary N) is 1. The van der Waals surface area contributed by atoms with E-state index in [2.05, 4.69) is 25.7 Å². The number of aromatic nitrogens is 4. The van der Waals surface area contributed by atoms with Crippen LogP contribution in [0.15, 0.2) is 42.5 Å². The molecule has 32 heavy (non-hydrogen) atoms. The van der Waals surface area contributed by atoms with Crippen LogP contribution < -0.4 is 14.8 Å². The maximum absolute atomic E-state index is 12.8. The molecule has 0 bridgehead atoms. The van der Waals surface area contributed by atoms with Crippen molar-refractivity contribution in [2.24, 2.45) is 0 Å². The zero-order valence-electron chi connectivity index (χ0n) is 18.5. The summed E-state index contributed by atoms with van der Waals surface area (Å²) in [5, 5.41) is 15.1. The maximum atomic E-state index is 12.8. The first-order valence-electron chi connectivity index (χ1n) is 10.4. The van der Waals surface area contributed by atoms with Gasteiger partial charge in [0.25, 0.3) is 0 Å². The lowest BCUT2D eigenvalue weighted by Crippen LogP contribution is -2.49. The van der Waals surface area contributed by atoms with Crippen molar-refractivity contribution in [3.8, 4) is 17.2 Å². The van der Waals surface area contributed by atoms with Gasteiger partial charge in [-0.15, -0.1) is 5.10 Å². The molecule has 1 saturated heterocycles. The van der Waals surface area contributed by atoms with E-state index in [0.717, 1.165) is 24.6 Å². The van der Waals surface area contributed by atoms with Crippen LogP contribution >= 0.6 is 0 Å². The molecule has 0 aliphatic carbocycles. The Hall–Kier alpha value is -3.66. The molecule has 2 amide bonds. The number of carbonyl (C=O) groups is 1. The third-order valence-electron chi connectivity index (χ3n) is 5.50. The Morgan fingerprint density at radius 1 is 1.00 bits per heavy atom. The Labute approximate surface area is 186 Å². The summed E-state index contributed by atoms with van der Waals surface area (Å²) in [4.78, 5) is 16.9. The number of amides is 2. The number of para-hydroxylation sites is 1. The Balaban J connectivity index is 1.36. The average Bonchev–Trinajstić information content (AvgIpc) is 3.28. The van der Waals surface area contributed by atoms with Gasteiger partial charge < -0.3 is 19.7 Å². The highest BCUT2D eigenvalue weighted by molar-refractivity contribution is 5.93. The monoisotopic (exact) mass is 437 g/mol. The van der Waals surface area contributed by atoms with Gasteiger partial charge in [0.1, 0.15) is 17.2 Å². The van der Waals surface area contributed by atoms with Crippen molar-refractivity contribution in [3.05, 3.63) is 53.9 Å². The van der Waals surface area contributed by atoms with E-state index in [1.165, 1.54) is 5.56 Å². The van der Waals surface area contributed by atoms with Gasteiger partial charge in [-0.25, -0.2) is 4.79 Å². The van der Waals surface area contributed by atoms with Crippen molar-refractivity contribution in [1.82, 2.24) is 30.0 Å². The summed E-state index contributed by atoms with van der Waals surface area (Å²) in [5.41, 5.74) is 2.64. The molecule has 10 heteroatoms. The van der Waals surface area contributed by atoms with E-state index in [0.29, 0.717) is 36.8 Å². The van der Waals surface area contributed by atoms with E-state index in [-0.39, 0.29) is 6.03 Å². The second-order valence-corrected chi connectivity index (χ2v) is 7.57. The third-order valence-corrected chi connectivity index (χ3v) is 5.50. The number of piperazine rings is 1. The van der Waals surface area contributed by atoms with Crippen molar-refractivity contribution in [2.75, 3.05) is 45.7 Å². The number of hydrogen-bond acceptors (Lipinski definition) is 7. The number of nitrogens with zero attached hydrogens (tertiary/aromatic N) is 6. The molecule has 168 valence electrons. The van der Waals surface area contributed by atoms with Gasteiger partial charge in [-0.1, -0.05) is 23.8 Å². The second-order valence-electron chi connectivity index (χ2n) is 7.57. The Bertz CT molecular complexity index is 1040. The lowest BCUT2D eigenvalue weighted by atomic mass is 10.2. The fourth-order valence-corrected chi connectivity index (χ4v) is 3.66. The van der Waals surface area contributed by atoms with Crippen LogP contribution in [-0.4, -0.2) is 76.4 Å². The van der Waals surface area contributed by atoms with E-state index < -0.39 is 0 Å². The zero-order valence-corrected chi connectivity index (χ0v) is 18.5. The molecule has 1 fully saturated rings. The van der Waals surface area contributed by atoms with Gasteiger partial charge in [-0.05, 0) is 41.6 Å². The van der Waals surface area contributed by atoms with Crippen LogP contribution in [0.3, 0.4) is 0 Å². The highest BCUT2D eigenvalue weighted by atomic mass is 16.5. The van der Waals surface area contributed by atoms with Gasteiger partial charge in [0.15, 0.2) is 5.82 Å². The standard InChI is InChI=1S/C22H27N7O3/c1-16-7-9-17(10-8-16)29-20(24-25-26-29)15-27-11-13-28(14-12-27)22(30)23-21-18(31-2)5-4-6-19(21)32-3/h4-10H,11-15H2,1-3H3,(H,23,30). The number of methoxy groups -OCH3 is 2. The highest BCUT2D eigenvalue weighted by Gasteiger charge is 2.24. The molecule has 0 spiro atoms. The molecule has 1 aliphatic heterocycles. The van der Waals surface area contributed by atoms with Crippen molar-refractivity contribution < 1.29 is 14.3 Å². The fraction of sp³-hybridized carbons (Fsp3) is 0.364. The molecular formula is C22H27N7O3. The van der Waals surface area contributed by atoms with E-state index >= 15 is 0 Å². The average molecular weight is 438 g/mol. The number of carbonyl (C=O) groups excluding carboxylic acids is 1. The van der Waals surface area contributed by atoms with Crippen LogP contribution in [0, 0.1) is 6.92 Å².